The van der Waals surface area contributed by atoms with E-state index >= 15 is 0 Å². The number of ether oxygens (including phenoxy) is 1. The summed E-state index contributed by atoms with van der Waals surface area (Å²) in [5, 5.41) is 0. The Balaban J connectivity index is 1.52. The van der Waals surface area contributed by atoms with E-state index in [2.05, 4.69) is 13.8 Å². The fourth-order valence-corrected chi connectivity index (χ4v) is 7.29. The summed E-state index contributed by atoms with van der Waals surface area (Å²) >= 11 is 0. The van der Waals surface area contributed by atoms with Gasteiger partial charge in [-0.3, -0.25) is 0 Å². The zero-order chi connectivity index (χ0) is 25.9. The number of rotatable bonds is 14. The van der Waals surface area contributed by atoms with Crippen LogP contribution < -0.4 is 0 Å². The standard InChI is InChI=1S/C32H53F3O/c1-3-5-7-8-9-11-24-36-31(23-12-14-30(25-31)32(33,34)35)29-21-19-28(20-22-29)27-17-15-26(16-18-27)13-10-6-4-2/h12,14,23,26-29H,3-11,13,15-22,24-25H2,1-2H3. The van der Waals surface area contributed by atoms with Crippen LogP contribution in [0.3, 0.4) is 0 Å². The molecule has 0 spiro atoms. The summed E-state index contributed by atoms with van der Waals surface area (Å²) in [5.41, 5.74) is -1.19. The van der Waals surface area contributed by atoms with Crippen molar-refractivity contribution >= 4 is 0 Å². The number of halogens is 3. The summed E-state index contributed by atoms with van der Waals surface area (Å²) in [6.45, 7) is 5.06. The second-order valence-corrected chi connectivity index (χ2v) is 12.2. The molecule has 0 bridgehead atoms. The number of hydrogen-bond acceptors (Lipinski definition) is 1. The molecule has 0 aromatic carbocycles. The number of unbranched alkanes of at least 4 members (excludes halogenated alkanes) is 7. The van der Waals surface area contributed by atoms with Crippen LogP contribution in [0, 0.1) is 23.7 Å². The zero-order valence-electron chi connectivity index (χ0n) is 23.2. The summed E-state index contributed by atoms with van der Waals surface area (Å²) in [7, 11) is 0. The first-order chi connectivity index (χ1) is 17.4. The summed E-state index contributed by atoms with van der Waals surface area (Å²) in [5.74, 6) is 2.73. The highest BCUT2D eigenvalue weighted by molar-refractivity contribution is 5.29. The van der Waals surface area contributed by atoms with Gasteiger partial charge in [-0.05, 0) is 68.6 Å². The second-order valence-electron chi connectivity index (χ2n) is 12.2. The minimum atomic E-state index is -4.27. The van der Waals surface area contributed by atoms with Crippen molar-refractivity contribution in [1.29, 1.82) is 0 Å². The molecule has 0 aromatic heterocycles. The van der Waals surface area contributed by atoms with Gasteiger partial charge in [0.05, 0.1) is 5.60 Å². The summed E-state index contributed by atoms with van der Waals surface area (Å²) in [6.07, 6.45) is 22.9. The smallest absolute Gasteiger partial charge is 0.370 e. The maximum absolute atomic E-state index is 13.7. The first kappa shape index (κ1) is 29.8. The molecule has 208 valence electrons. The molecular weight excluding hydrogens is 457 g/mol. The Hall–Kier alpha value is -0.770. The predicted molar refractivity (Wildman–Crippen MR) is 145 cm³/mol. The average Bonchev–Trinajstić information content (AvgIpc) is 2.88. The Bertz CT molecular complexity index is 665. The molecule has 3 rings (SSSR count). The molecule has 2 fully saturated rings. The van der Waals surface area contributed by atoms with E-state index in [1.54, 1.807) is 6.08 Å². The lowest BCUT2D eigenvalue weighted by atomic mass is 9.65. The van der Waals surface area contributed by atoms with Crippen molar-refractivity contribution in [2.75, 3.05) is 6.61 Å². The molecule has 4 heteroatoms. The molecule has 0 N–H and O–H groups in total. The van der Waals surface area contributed by atoms with Gasteiger partial charge in [0.1, 0.15) is 0 Å². The van der Waals surface area contributed by atoms with Crippen molar-refractivity contribution in [2.45, 2.75) is 148 Å². The van der Waals surface area contributed by atoms with E-state index in [0.29, 0.717) is 6.61 Å². The van der Waals surface area contributed by atoms with Crippen LogP contribution in [0.4, 0.5) is 13.2 Å². The number of allylic oxidation sites excluding steroid dienone is 2. The minimum absolute atomic E-state index is 0.0129. The number of hydrogen-bond donors (Lipinski definition) is 0. The van der Waals surface area contributed by atoms with Gasteiger partial charge in [0, 0.05) is 18.6 Å². The van der Waals surface area contributed by atoms with Crippen LogP contribution in [-0.2, 0) is 4.74 Å². The highest BCUT2D eigenvalue weighted by atomic mass is 19.4. The van der Waals surface area contributed by atoms with Gasteiger partial charge in [-0.1, -0.05) is 103 Å². The quantitative estimate of drug-likeness (QED) is 0.211. The lowest BCUT2D eigenvalue weighted by Crippen LogP contribution is -2.44. The van der Waals surface area contributed by atoms with E-state index in [1.807, 2.05) is 6.08 Å². The van der Waals surface area contributed by atoms with E-state index in [0.717, 1.165) is 56.3 Å². The Kier molecular flexibility index (Phi) is 12.4. The van der Waals surface area contributed by atoms with Gasteiger partial charge in [0.25, 0.3) is 0 Å². The van der Waals surface area contributed by atoms with Crippen LogP contribution in [0.5, 0.6) is 0 Å². The lowest BCUT2D eigenvalue weighted by Gasteiger charge is -2.45. The van der Waals surface area contributed by atoms with Crippen molar-refractivity contribution < 1.29 is 17.9 Å². The van der Waals surface area contributed by atoms with Crippen LogP contribution in [-0.4, -0.2) is 18.4 Å². The molecule has 0 amide bonds. The molecule has 0 saturated heterocycles. The van der Waals surface area contributed by atoms with Crippen LogP contribution in [0.25, 0.3) is 0 Å². The highest BCUT2D eigenvalue weighted by Gasteiger charge is 2.47. The Morgan fingerprint density at radius 2 is 1.36 bits per heavy atom. The lowest BCUT2D eigenvalue weighted by molar-refractivity contribution is -0.116. The third-order valence-corrected chi connectivity index (χ3v) is 9.61. The van der Waals surface area contributed by atoms with E-state index in [4.69, 9.17) is 4.74 Å². The van der Waals surface area contributed by atoms with Gasteiger partial charge in [0.2, 0.25) is 0 Å². The van der Waals surface area contributed by atoms with Crippen LogP contribution >= 0.6 is 0 Å². The number of alkyl halides is 3. The van der Waals surface area contributed by atoms with Crippen molar-refractivity contribution in [3.8, 4) is 0 Å². The van der Waals surface area contributed by atoms with Crippen molar-refractivity contribution in [3.63, 3.8) is 0 Å². The molecule has 1 unspecified atom stereocenters. The molecule has 0 heterocycles. The Labute approximate surface area is 219 Å². The molecule has 0 aliphatic heterocycles. The minimum Gasteiger partial charge on any atom is -0.370 e. The van der Waals surface area contributed by atoms with Gasteiger partial charge in [0.15, 0.2) is 0 Å². The van der Waals surface area contributed by atoms with Gasteiger partial charge < -0.3 is 4.74 Å². The van der Waals surface area contributed by atoms with E-state index in [-0.39, 0.29) is 12.3 Å². The van der Waals surface area contributed by atoms with E-state index in [1.165, 1.54) is 83.1 Å². The molecular formula is C32H53F3O. The van der Waals surface area contributed by atoms with Crippen molar-refractivity contribution in [3.05, 3.63) is 23.8 Å². The molecule has 0 radical (unpaired) electrons. The molecule has 36 heavy (non-hydrogen) atoms. The van der Waals surface area contributed by atoms with Gasteiger partial charge in [-0.15, -0.1) is 0 Å². The molecule has 1 atom stereocenters. The first-order valence-corrected chi connectivity index (χ1v) is 15.5. The molecule has 3 aliphatic rings. The van der Waals surface area contributed by atoms with E-state index in [9.17, 15) is 13.2 Å². The van der Waals surface area contributed by atoms with E-state index < -0.39 is 17.4 Å². The van der Waals surface area contributed by atoms with Crippen molar-refractivity contribution in [1.82, 2.24) is 0 Å². The SMILES string of the molecule is CCCCCCCCOC1(C2CCC(C3CCC(CCCCC)CC3)CC2)C=CC=C(C(F)(F)F)C1. The summed E-state index contributed by atoms with van der Waals surface area (Å²) < 4.78 is 47.5. The fraction of sp³-hybridized carbons (Fsp3) is 0.875. The van der Waals surface area contributed by atoms with Crippen molar-refractivity contribution in [2.24, 2.45) is 23.7 Å². The zero-order valence-corrected chi connectivity index (χ0v) is 23.2. The van der Waals surface area contributed by atoms with Crippen LogP contribution in [0.1, 0.15) is 136 Å². The third-order valence-electron chi connectivity index (χ3n) is 9.61. The second kappa shape index (κ2) is 15.0. The molecule has 0 aromatic rings. The topological polar surface area (TPSA) is 9.23 Å². The summed E-state index contributed by atoms with van der Waals surface area (Å²) in [6, 6.07) is 0. The van der Waals surface area contributed by atoms with Crippen LogP contribution in [0.15, 0.2) is 23.8 Å². The summed E-state index contributed by atoms with van der Waals surface area (Å²) in [4.78, 5) is 0. The van der Waals surface area contributed by atoms with Gasteiger partial charge >= 0.3 is 6.18 Å². The average molecular weight is 511 g/mol. The maximum atomic E-state index is 13.7. The highest BCUT2D eigenvalue weighted by Crippen LogP contribution is 2.49. The molecule has 2 saturated carbocycles. The normalized spacial score (nSPS) is 31.4. The maximum Gasteiger partial charge on any atom is 0.412 e. The van der Waals surface area contributed by atoms with Gasteiger partial charge in [-0.2, -0.15) is 13.2 Å². The third kappa shape index (κ3) is 8.91. The molecule has 1 nitrogen and oxygen atoms in total. The Morgan fingerprint density at radius 1 is 0.778 bits per heavy atom. The fourth-order valence-electron chi connectivity index (χ4n) is 7.29. The first-order valence-electron chi connectivity index (χ1n) is 15.5. The van der Waals surface area contributed by atoms with Crippen LogP contribution in [0.2, 0.25) is 0 Å². The molecule has 3 aliphatic carbocycles. The largest absolute Gasteiger partial charge is 0.412 e. The monoisotopic (exact) mass is 510 g/mol. The van der Waals surface area contributed by atoms with Gasteiger partial charge in [-0.25, -0.2) is 0 Å². The Morgan fingerprint density at radius 3 is 2.00 bits per heavy atom. The predicted octanol–water partition coefficient (Wildman–Crippen LogP) is 10.7.